The minimum Gasteiger partial charge on any atom is -0.339 e. The predicted molar refractivity (Wildman–Crippen MR) is 114 cm³/mol. The van der Waals surface area contributed by atoms with Crippen LogP contribution >= 0.6 is 22.7 Å². The standard InChI is InChI=1S/C21H25N3O3S2/c1-15(25)22-9-11-23(12-10-22)19(26)4-5-20(27)24-8-6-17-16(7-14-29-17)21(24)18-3-2-13-28-18/h2-3,7,13-14,21H,4-6,8-12H2,1H3. The first-order valence-corrected chi connectivity index (χ1v) is 11.7. The van der Waals surface area contributed by atoms with Crippen LogP contribution < -0.4 is 0 Å². The van der Waals surface area contributed by atoms with Gasteiger partial charge in [-0.2, -0.15) is 0 Å². The second kappa shape index (κ2) is 8.67. The lowest BCUT2D eigenvalue weighted by atomic mass is 9.98. The zero-order chi connectivity index (χ0) is 20.4. The van der Waals surface area contributed by atoms with E-state index in [2.05, 4.69) is 17.5 Å². The highest BCUT2D eigenvalue weighted by Crippen LogP contribution is 2.39. The molecule has 0 spiro atoms. The van der Waals surface area contributed by atoms with Crippen molar-refractivity contribution in [3.8, 4) is 0 Å². The number of rotatable bonds is 4. The van der Waals surface area contributed by atoms with Crippen LogP contribution in [-0.2, 0) is 20.8 Å². The number of carbonyl (C=O) groups excluding carboxylic acids is 3. The quantitative estimate of drug-likeness (QED) is 0.748. The summed E-state index contributed by atoms with van der Waals surface area (Å²) >= 11 is 3.43. The van der Waals surface area contributed by atoms with E-state index < -0.39 is 0 Å². The van der Waals surface area contributed by atoms with E-state index in [4.69, 9.17) is 0 Å². The molecule has 1 atom stereocenters. The average molecular weight is 432 g/mol. The van der Waals surface area contributed by atoms with Gasteiger partial charge in [-0.05, 0) is 34.9 Å². The summed E-state index contributed by atoms with van der Waals surface area (Å²) in [5.41, 5.74) is 1.23. The zero-order valence-electron chi connectivity index (χ0n) is 16.5. The van der Waals surface area contributed by atoms with Gasteiger partial charge in [0.25, 0.3) is 0 Å². The van der Waals surface area contributed by atoms with Crippen molar-refractivity contribution in [1.29, 1.82) is 0 Å². The molecular formula is C21H25N3O3S2. The molecule has 3 amide bonds. The molecule has 29 heavy (non-hydrogen) atoms. The summed E-state index contributed by atoms with van der Waals surface area (Å²) in [5, 5.41) is 4.15. The molecular weight excluding hydrogens is 406 g/mol. The van der Waals surface area contributed by atoms with Gasteiger partial charge in [0, 0.05) is 62.2 Å². The SMILES string of the molecule is CC(=O)N1CCN(C(=O)CCC(=O)N2CCc3sccc3C2c2cccs2)CC1. The van der Waals surface area contributed by atoms with Gasteiger partial charge in [-0.3, -0.25) is 14.4 Å². The molecule has 0 aliphatic carbocycles. The maximum Gasteiger partial charge on any atom is 0.223 e. The van der Waals surface area contributed by atoms with Gasteiger partial charge in [0.15, 0.2) is 0 Å². The van der Waals surface area contributed by atoms with Gasteiger partial charge in [-0.25, -0.2) is 0 Å². The summed E-state index contributed by atoms with van der Waals surface area (Å²) in [6, 6.07) is 6.20. The summed E-state index contributed by atoms with van der Waals surface area (Å²) in [7, 11) is 0. The summed E-state index contributed by atoms with van der Waals surface area (Å²) in [4.78, 5) is 45.1. The third-order valence-corrected chi connectivity index (χ3v) is 7.65. The molecule has 2 aliphatic rings. The Kier molecular flexibility index (Phi) is 6.01. The molecule has 0 aromatic carbocycles. The highest BCUT2D eigenvalue weighted by atomic mass is 32.1. The van der Waals surface area contributed by atoms with Crippen LogP contribution in [-0.4, -0.2) is 65.1 Å². The molecule has 2 aliphatic heterocycles. The second-order valence-electron chi connectivity index (χ2n) is 7.44. The Bertz CT molecular complexity index is 885. The monoisotopic (exact) mass is 431 g/mol. The highest BCUT2D eigenvalue weighted by Gasteiger charge is 2.33. The highest BCUT2D eigenvalue weighted by molar-refractivity contribution is 7.10. The van der Waals surface area contributed by atoms with Crippen LogP contribution in [0.4, 0.5) is 0 Å². The molecule has 154 valence electrons. The molecule has 0 radical (unpaired) electrons. The predicted octanol–water partition coefficient (Wildman–Crippen LogP) is 2.75. The molecule has 0 saturated carbocycles. The fourth-order valence-electron chi connectivity index (χ4n) is 4.13. The maximum absolute atomic E-state index is 13.1. The topological polar surface area (TPSA) is 60.9 Å². The van der Waals surface area contributed by atoms with Gasteiger partial charge in [-0.1, -0.05) is 6.07 Å². The lowest BCUT2D eigenvalue weighted by Gasteiger charge is -2.36. The summed E-state index contributed by atoms with van der Waals surface area (Å²) in [5.74, 6) is 0.0863. The Morgan fingerprint density at radius 3 is 2.34 bits per heavy atom. The fraction of sp³-hybridized carbons (Fsp3) is 0.476. The number of hydrogen-bond acceptors (Lipinski definition) is 5. The molecule has 6 nitrogen and oxygen atoms in total. The van der Waals surface area contributed by atoms with Crippen molar-refractivity contribution in [3.05, 3.63) is 44.3 Å². The van der Waals surface area contributed by atoms with Crippen LogP contribution in [0, 0.1) is 0 Å². The number of fused-ring (bicyclic) bond motifs is 1. The largest absolute Gasteiger partial charge is 0.339 e. The first-order chi connectivity index (χ1) is 14.0. The first kappa shape index (κ1) is 20.1. The van der Waals surface area contributed by atoms with Crippen LogP contribution in [0.5, 0.6) is 0 Å². The Morgan fingerprint density at radius 1 is 0.931 bits per heavy atom. The van der Waals surface area contributed by atoms with Crippen molar-refractivity contribution in [2.45, 2.75) is 32.2 Å². The molecule has 2 aromatic heterocycles. The van der Waals surface area contributed by atoms with E-state index in [1.165, 1.54) is 15.3 Å². The third kappa shape index (κ3) is 4.23. The van der Waals surface area contributed by atoms with Crippen LogP contribution in [0.1, 0.15) is 41.1 Å². The van der Waals surface area contributed by atoms with Crippen LogP contribution in [0.2, 0.25) is 0 Å². The summed E-state index contributed by atoms with van der Waals surface area (Å²) in [6.45, 7) is 4.49. The molecule has 0 N–H and O–H groups in total. The minimum absolute atomic E-state index is 0.00228. The molecule has 4 heterocycles. The van der Waals surface area contributed by atoms with Crippen LogP contribution in [0.15, 0.2) is 29.0 Å². The molecule has 4 rings (SSSR count). The Morgan fingerprint density at radius 2 is 1.66 bits per heavy atom. The summed E-state index contributed by atoms with van der Waals surface area (Å²) in [6.07, 6.45) is 1.33. The van der Waals surface area contributed by atoms with E-state index in [9.17, 15) is 14.4 Å². The van der Waals surface area contributed by atoms with Gasteiger partial charge in [0.05, 0.1) is 6.04 Å². The lowest BCUT2D eigenvalue weighted by Crippen LogP contribution is -2.50. The number of thiophene rings is 2. The molecule has 2 aromatic rings. The van der Waals surface area contributed by atoms with Crippen molar-refractivity contribution in [3.63, 3.8) is 0 Å². The van der Waals surface area contributed by atoms with Crippen molar-refractivity contribution >= 4 is 40.4 Å². The van der Waals surface area contributed by atoms with Gasteiger partial charge < -0.3 is 14.7 Å². The fourth-order valence-corrected chi connectivity index (χ4v) is 5.88. The van der Waals surface area contributed by atoms with Gasteiger partial charge in [-0.15, -0.1) is 22.7 Å². The third-order valence-electron chi connectivity index (χ3n) is 5.73. The number of piperazine rings is 1. The molecule has 1 unspecified atom stereocenters. The molecule has 1 saturated heterocycles. The maximum atomic E-state index is 13.1. The molecule has 8 heteroatoms. The van der Waals surface area contributed by atoms with E-state index in [0.29, 0.717) is 32.7 Å². The minimum atomic E-state index is -0.0355. The van der Waals surface area contributed by atoms with Crippen molar-refractivity contribution in [1.82, 2.24) is 14.7 Å². The Labute approximate surface area is 178 Å². The van der Waals surface area contributed by atoms with E-state index in [0.717, 1.165) is 6.42 Å². The Balaban J connectivity index is 1.38. The van der Waals surface area contributed by atoms with Gasteiger partial charge >= 0.3 is 0 Å². The number of nitrogens with zero attached hydrogens (tertiary/aromatic N) is 3. The average Bonchev–Trinajstić information content (AvgIpc) is 3.42. The van der Waals surface area contributed by atoms with E-state index in [1.54, 1.807) is 39.4 Å². The summed E-state index contributed by atoms with van der Waals surface area (Å²) < 4.78 is 0. The molecule has 0 bridgehead atoms. The molecule has 1 fully saturated rings. The number of hydrogen-bond donors (Lipinski definition) is 0. The van der Waals surface area contributed by atoms with Crippen LogP contribution in [0.3, 0.4) is 0 Å². The number of carbonyl (C=O) groups is 3. The zero-order valence-corrected chi connectivity index (χ0v) is 18.1. The van der Waals surface area contributed by atoms with Crippen molar-refractivity contribution < 1.29 is 14.4 Å². The van der Waals surface area contributed by atoms with E-state index in [-0.39, 0.29) is 36.6 Å². The smallest absolute Gasteiger partial charge is 0.223 e. The van der Waals surface area contributed by atoms with Gasteiger partial charge in [0.1, 0.15) is 0 Å². The second-order valence-corrected chi connectivity index (χ2v) is 9.42. The van der Waals surface area contributed by atoms with Gasteiger partial charge in [0.2, 0.25) is 17.7 Å². The van der Waals surface area contributed by atoms with Crippen LogP contribution in [0.25, 0.3) is 0 Å². The first-order valence-electron chi connectivity index (χ1n) is 9.97. The van der Waals surface area contributed by atoms with Crippen molar-refractivity contribution in [2.75, 3.05) is 32.7 Å². The van der Waals surface area contributed by atoms with E-state index in [1.807, 2.05) is 16.3 Å². The van der Waals surface area contributed by atoms with E-state index >= 15 is 0 Å². The normalized spacial score (nSPS) is 19.2. The van der Waals surface area contributed by atoms with Crippen molar-refractivity contribution in [2.24, 2.45) is 0 Å². The lowest BCUT2D eigenvalue weighted by molar-refractivity contribution is -0.140. The number of amides is 3. The Hall–Kier alpha value is -2.19.